The molecule has 0 aromatic heterocycles. The molecule has 10 N–H and O–H groups in total. The van der Waals surface area contributed by atoms with E-state index in [-0.39, 0.29) is 12.8 Å². The maximum Gasteiger partial charge on any atom is 0.328 e. The number of primary amides is 1. The minimum absolute atomic E-state index is 0.270. The Balaban J connectivity index is 5.13. The normalized spacial score (nSPS) is 13.8. The van der Waals surface area contributed by atoms with E-state index in [1.54, 1.807) is 0 Å². The third kappa shape index (κ3) is 8.36. The third-order valence-electron chi connectivity index (χ3n) is 3.13. The van der Waals surface area contributed by atoms with Gasteiger partial charge >= 0.3 is 5.97 Å². The van der Waals surface area contributed by atoms with Crippen molar-refractivity contribution in [2.75, 3.05) is 19.8 Å². The van der Waals surface area contributed by atoms with Gasteiger partial charge in [-0.2, -0.15) is 0 Å². The molecule has 0 spiro atoms. The summed E-state index contributed by atoms with van der Waals surface area (Å²) in [6.45, 7) is -2.13. The molecule has 0 saturated heterocycles. The molecule has 148 valence electrons. The van der Waals surface area contributed by atoms with Crippen LogP contribution in [0.25, 0.3) is 0 Å². The molecule has 0 aliphatic carbocycles. The molecule has 13 heteroatoms. The lowest BCUT2D eigenvalue weighted by Gasteiger charge is -2.23. The zero-order valence-electron chi connectivity index (χ0n) is 13.8. The molecule has 0 rings (SSSR count). The van der Waals surface area contributed by atoms with Crippen molar-refractivity contribution in [3.8, 4) is 0 Å². The number of amides is 4. The number of aliphatic carboxylic acids is 1. The van der Waals surface area contributed by atoms with Crippen molar-refractivity contribution in [3.63, 3.8) is 0 Å². The highest BCUT2D eigenvalue weighted by atomic mass is 16.4. The van der Waals surface area contributed by atoms with Crippen LogP contribution in [0, 0.1) is 0 Å². The van der Waals surface area contributed by atoms with Crippen LogP contribution >= 0.6 is 0 Å². The van der Waals surface area contributed by atoms with Gasteiger partial charge in [-0.25, -0.2) is 4.79 Å². The number of nitrogens with two attached hydrogens (primary N) is 2. The lowest BCUT2D eigenvalue weighted by molar-refractivity contribution is -0.143. The summed E-state index contributed by atoms with van der Waals surface area (Å²) in [4.78, 5) is 57.2. The fourth-order valence-corrected chi connectivity index (χ4v) is 1.73. The van der Waals surface area contributed by atoms with Gasteiger partial charge in [0.2, 0.25) is 23.6 Å². The van der Waals surface area contributed by atoms with Gasteiger partial charge in [-0.1, -0.05) is 0 Å². The summed E-state index contributed by atoms with van der Waals surface area (Å²) in [6, 6.07) is -4.43. The van der Waals surface area contributed by atoms with Gasteiger partial charge in [0.25, 0.3) is 0 Å². The van der Waals surface area contributed by atoms with E-state index in [0.29, 0.717) is 0 Å². The summed E-state index contributed by atoms with van der Waals surface area (Å²) in [5.74, 6) is -4.98. The fourth-order valence-electron chi connectivity index (χ4n) is 1.73. The number of hydrogen-bond donors (Lipinski definition) is 8. The Morgan fingerprint density at radius 1 is 0.846 bits per heavy atom. The smallest absolute Gasteiger partial charge is 0.328 e. The number of carbonyl (C=O) groups excluding carboxylic acids is 4. The number of carboxylic acids is 1. The lowest BCUT2D eigenvalue weighted by Crippen LogP contribution is -2.57. The van der Waals surface area contributed by atoms with E-state index in [4.69, 9.17) is 26.8 Å². The minimum atomic E-state index is -1.62. The van der Waals surface area contributed by atoms with Gasteiger partial charge in [-0.3, -0.25) is 19.2 Å². The van der Waals surface area contributed by atoms with E-state index in [9.17, 15) is 24.0 Å². The minimum Gasteiger partial charge on any atom is -0.480 e. The van der Waals surface area contributed by atoms with E-state index < -0.39 is 67.5 Å². The van der Waals surface area contributed by atoms with Crippen LogP contribution in [0.2, 0.25) is 0 Å². The lowest BCUT2D eigenvalue weighted by atomic mass is 10.1. The van der Waals surface area contributed by atoms with Crippen molar-refractivity contribution >= 4 is 29.6 Å². The van der Waals surface area contributed by atoms with Crippen LogP contribution in [-0.2, 0) is 24.0 Å². The predicted octanol–water partition coefficient (Wildman–Crippen LogP) is -5.27. The average Bonchev–Trinajstić information content (AvgIpc) is 2.59. The average molecular weight is 377 g/mol. The summed E-state index contributed by atoms with van der Waals surface area (Å²) in [5.41, 5.74) is 10.1. The Hall–Kier alpha value is -2.77. The number of aliphatic hydroxyl groups excluding tert-OH is 2. The largest absolute Gasteiger partial charge is 0.480 e. The number of nitrogens with one attached hydrogen (secondary N) is 3. The first-order chi connectivity index (χ1) is 12.2. The maximum atomic E-state index is 12.1. The summed E-state index contributed by atoms with van der Waals surface area (Å²) < 4.78 is 0. The highest BCUT2D eigenvalue weighted by Crippen LogP contribution is 2.00. The van der Waals surface area contributed by atoms with Gasteiger partial charge in [0.1, 0.15) is 18.1 Å². The Morgan fingerprint density at radius 2 is 1.35 bits per heavy atom. The van der Waals surface area contributed by atoms with Crippen LogP contribution in [0.15, 0.2) is 0 Å². The molecule has 3 unspecified atom stereocenters. The van der Waals surface area contributed by atoms with E-state index in [0.717, 1.165) is 0 Å². The zero-order valence-corrected chi connectivity index (χ0v) is 13.8. The van der Waals surface area contributed by atoms with Crippen molar-refractivity contribution in [1.82, 2.24) is 16.0 Å². The summed E-state index contributed by atoms with van der Waals surface area (Å²) in [5, 5.41) is 33.2. The van der Waals surface area contributed by atoms with Gasteiger partial charge in [0.15, 0.2) is 0 Å². The first kappa shape index (κ1) is 23.2. The molecule has 3 atom stereocenters. The fraction of sp³-hybridized carbons (Fsp3) is 0.615. The second-order valence-corrected chi connectivity index (χ2v) is 5.15. The number of carbonyl (C=O) groups is 5. The molecule has 0 saturated carbocycles. The molecule has 0 fully saturated rings. The van der Waals surface area contributed by atoms with Crippen molar-refractivity contribution in [3.05, 3.63) is 0 Å². The number of carboxylic acid groups (broad SMARTS) is 1. The molecule has 0 aliphatic rings. The van der Waals surface area contributed by atoms with Crippen molar-refractivity contribution in [2.45, 2.75) is 31.0 Å². The first-order valence-electron chi connectivity index (χ1n) is 7.49. The molecule has 0 radical (unpaired) electrons. The quantitative estimate of drug-likeness (QED) is 0.162. The summed E-state index contributed by atoms with van der Waals surface area (Å²) >= 11 is 0. The van der Waals surface area contributed by atoms with Crippen LogP contribution in [-0.4, -0.2) is 82.8 Å². The molecule has 0 aromatic rings. The van der Waals surface area contributed by atoms with E-state index in [2.05, 4.69) is 10.6 Å². The van der Waals surface area contributed by atoms with Crippen LogP contribution in [0.5, 0.6) is 0 Å². The second kappa shape index (κ2) is 11.7. The number of aliphatic hydroxyl groups is 2. The monoisotopic (exact) mass is 377 g/mol. The first-order valence-corrected chi connectivity index (χ1v) is 7.49. The molecule has 0 aliphatic heterocycles. The molecule has 4 amide bonds. The summed E-state index contributed by atoms with van der Waals surface area (Å²) in [6.07, 6.45) is -0.582. The van der Waals surface area contributed by atoms with E-state index in [1.165, 1.54) is 0 Å². The second-order valence-electron chi connectivity index (χ2n) is 5.15. The van der Waals surface area contributed by atoms with Crippen molar-refractivity contribution in [1.29, 1.82) is 0 Å². The molecule has 0 heterocycles. The zero-order chi connectivity index (χ0) is 20.3. The molecular formula is C13H23N5O8. The van der Waals surface area contributed by atoms with E-state index in [1.807, 2.05) is 5.32 Å². The van der Waals surface area contributed by atoms with Crippen LogP contribution in [0.4, 0.5) is 0 Å². The molecule has 0 aromatic carbocycles. The van der Waals surface area contributed by atoms with Crippen LogP contribution < -0.4 is 27.4 Å². The topological polar surface area (TPSA) is 234 Å². The van der Waals surface area contributed by atoms with Gasteiger partial charge in [-0.15, -0.1) is 0 Å². The SMILES string of the molecule is NCC(=O)NC(CO)C(=O)NC(CCC(N)=O)C(=O)NC(CO)C(=O)O. The van der Waals surface area contributed by atoms with Gasteiger partial charge in [-0.05, 0) is 6.42 Å². The number of hydrogen-bond acceptors (Lipinski definition) is 8. The Morgan fingerprint density at radius 3 is 1.77 bits per heavy atom. The Bertz CT molecular complexity index is 541. The highest BCUT2D eigenvalue weighted by Gasteiger charge is 2.29. The molecular weight excluding hydrogens is 354 g/mol. The third-order valence-corrected chi connectivity index (χ3v) is 3.13. The Labute approximate surface area is 148 Å². The van der Waals surface area contributed by atoms with E-state index >= 15 is 0 Å². The van der Waals surface area contributed by atoms with Crippen LogP contribution in [0.1, 0.15) is 12.8 Å². The number of rotatable bonds is 12. The van der Waals surface area contributed by atoms with Crippen molar-refractivity contribution in [2.24, 2.45) is 11.5 Å². The Kier molecular flexibility index (Phi) is 10.5. The standard InChI is InChI=1S/C13H23N5O8/c14-3-10(22)16-7(4-19)12(24)17-6(1-2-9(15)21)11(23)18-8(5-20)13(25)26/h6-8,19-20H,1-5,14H2,(H2,15,21)(H,16,22)(H,17,24)(H,18,23)(H,25,26). The van der Waals surface area contributed by atoms with Gasteiger partial charge in [0, 0.05) is 6.42 Å². The highest BCUT2D eigenvalue weighted by molar-refractivity contribution is 5.93. The maximum absolute atomic E-state index is 12.1. The summed E-state index contributed by atoms with van der Waals surface area (Å²) in [7, 11) is 0. The van der Waals surface area contributed by atoms with Crippen LogP contribution in [0.3, 0.4) is 0 Å². The predicted molar refractivity (Wildman–Crippen MR) is 85.1 cm³/mol. The molecule has 13 nitrogen and oxygen atoms in total. The molecule has 26 heavy (non-hydrogen) atoms. The van der Waals surface area contributed by atoms with Gasteiger partial charge < -0.3 is 42.7 Å². The van der Waals surface area contributed by atoms with Gasteiger partial charge in [0.05, 0.1) is 19.8 Å². The molecule has 0 bridgehead atoms. The van der Waals surface area contributed by atoms with Crippen molar-refractivity contribution < 1.29 is 39.3 Å².